The van der Waals surface area contributed by atoms with Crippen LogP contribution in [0.3, 0.4) is 0 Å². The first-order chi connectivity index (χ1) is 6.56. The van der Waals surface area contributed by atoms with Gasteiger partial charge in [0.05, 0.1) is 7.11 Å². The van der Waals surface area contributed by atoms with Gasteiger partial charge < -0.3 is 15.6 Å². The van der Waals surface area contributed by atoms with Crippen LogP contribution in [0.5, 0.6) is 5.75 Å². The first-order valence-electron chi connectivity index (χ1n) is 4.19. The smallest absolute Gasteiger partial charge is 0.327 e. The molecule has 84 valence electrons. The number of nitrogens with two attached hydrogens (primary N) is 1. The quantitative estimate of drug-likeness (QED) is 0.753. The number of halogens is 1. The Morgan fingerprint density at radius 3 is 2.67 bits per heavy atom. The molecule has 0 spiro atoms. The molecule has 4 nitrogen and oxygen atoms in total. The maximum absolute atomic E-state index is 11.1. The molecule has 3 N–H and O–H groups in total. The summed E-state index contributed by atoms with van der Waals surface area (Å²) in [5, 5.41) is 9.46. The number of phenolic OH excluding ortho intramolecular Hbond substituents is 1. The number of carbonyl (C=O) groups is 1. The Balaban J connectivity index is 0.00000196. The first kappa shape index (κ1) is 13.7. The lowest BCUT2D eigenvalue weighted by Gasteiger charge is -2.11. The lowest BCUT2D eigenvalue weighted by Crippen LogP contribution is -2.22. The van der Waals surface area contributed by atoms with E-state index in [0.717, 1.165) is 5.56 Å². The summed E-state index contributed by atoms with van der Waals surface area (Å²) in [7, 11) is 1.26. The molecule has 0 radical (unpaired) electrons. The SMILES string of the molecule is COC(=O)[C@@H](N)c1cc(C)ccc1O.Cl. The summed E-state index contributed by atoms with van der Waals surface area (Å²) in [4.78, 5) is 11.1. The summed E-state index contributed by atoms with van der Waals surface area (Å²) in [5.74, 6) is -0.556. The van der Waals surface area contributed by atoms with Gasteiger partial charge in [0.2, 0.25) is 0 Å². The van der Waals surface area contributed by atoms with E-state index >= 15 is 0 Å². The Hall–Kier alpha value is -1.26. The molecule has 1 aromatic carbocycles. The predicted octanol–water partition coefficient (Wildman–Crippen LogP) is 1.30. The number of methoxy groups -OCH3 is 1. The second-order valence-corrected chi connectivity index (χ2v) is 3.06. The fourth-order valence-corrected chi connectivity index (χ4v) is 1.18. The number of phenols is 1. The maximum atomic E-state index is 11.1. The highest BCUT2D eigenvalue weighted by molar-refractivity contribution is 5.85. The molecule has 0 aliphatic rings. The Kier molecular flexibility index (Phi) is 5.11. The van der Waals surface area contributed by atoms with E-state index < -0.39 is 12.0 Å². The van der Waals surface area contributed by atoms with Gasteiger partial charge >= 0.3 is 5.97 Å². The van der Waals surface area contributed by atoms with E-state index in [1.54, 1.807) is 12.1 Å². The first-order valence-corrected chi connectivity index (χ1v) is 4.19. The highest BCUT2D eigenvalue weighted by Crippen LogP contribution is 2.24. The Labute approximate surface area is 94.5 Å². The molecular weight excluding hydrogens is 218 g/mol. The lowest BCUT2D eigenvalue weighted by atomic mass is 10.0. The number of rotatable bonds is 2. The van der Waals surface area contributed by atoms with Gasteiger partial charge in [-0.2, -0.15) is 0 Å². The molecule has 0 saturated heterocycles. The molecule has 0 saturated carbocycles. The van der Waals surface area contributed by atoms with Gasteiger partial charge in [-0.1, -0.05) is 17.7 Å². The Bertz CT molecular complexity index is 355. The summed E-state index contributed by atoms with van der Waals surface area (Å²) < 4.78 is 4.49. The number of carbonyl (C=O) groups excluding carboxylic acids is 1. The van der Waals surface area contributed by atoms with Gasteiger partial charge in [0.25, 0.3) is 0 Å². The minimum Gasteiger partial charge on any atom is -0.508 e. The van der Waals surface area contributed by atoms with Gasteiger partial charge in [-0.3, -0.25) is 4.79 Å². The van der Waals surface area contributed by atoms with Crippen molar-refractivity contribution >= 4 is 18.4 Å². The molecule has 0 aromatic heterocycles. The zero-order valence-electron chi connectivity index (χ0n) is 8.56. The number of esters is 1. The lowest BCUT2D eigenvalue weighted by molar-refractivity contribution is -0.142. The van der Waals surface area contributed by atoms with Crippen LogP contribution in [0.2, 0.25) is 0 Å². The minimum atomic E-state index is -0.931. The van der Waals surface area contributed by atoms with Gasteiger partial charge in [-0.15, -0.1) is 12.4 Å². The third kappa shape index (κ3) is 3.11. The largest absolute Gasteiger partial charge is 0.508 e. The van der Waals surface area contributed by atoms with Gasteiger partial charge in [-0.05, 0) is 13.0 Å². The average molecular weight is 232 g/mol. The van der Waals surface area contributed by atoms with Gasteiger partial charge in [0, 0.05) is 5.56 Å². The van der Waals surface area contributed by atoms with Gasteiger partial charge in [-0.25, -0.2) is 0 Å². The summed E-state index contributed by atoms with van der Waals surface area (Å²) in [6.07, 6.45) is 0. The molecule has 0 heterocycles. The molecule has 1 aromatic rings. The van der Waals surface area contributed by atoms with Crippen molar-refractivity contribution in [3.05, 3.63) is 29.3 Å². The summed E-state index contributed by atoms with van der Waals surface area (Å²) in [5.41, 5.74) is 6.90. The van der Waals surface area contributed by atoms with Crippen molar-refractivity contribution in [3.63, 3.8) is 0 Å². The fraction of sp³-hybridized carbons (Fsp3) is 0.300. The van der Waals surface area contributed by atoms with E-state index in [-0.39, 0.29) is 18.2 Å². The van der Waals surface area contributed by atoms with Crippen molar-refractivity contribution in [2.45, 2.75) is 13.0 Å². The summed E-state index contributed by atoms with van der Waals surface area (Å²) in [6.45, 7) is 1.85. The molecule has 0 aliphatic carbocycles. The molecule has 15 heavy (non-hydrogen) atoms. The standard InChI is InChI=1S/C10H13NO3.ClH/c1-6-3-4-8(12)7(5-6)9(11)10(13)14-2;/h3-5,9,12H,11H2,1-2H3;1H/t9-;/m0./s1. The average Bonchev–Trinajstić information content (AvgIpc) is 2.19. The van der Waals surface area contributed by atoms with Crippen LogP contribution in [0, 0.1) is 6.92 Å². The molecule has 1 rings (SSSR count). The van der Waals surface area contributed by atoms with Crippen LogP contribution in [-0.2, 0) is 9.53 Å². The van der Waals surface area contributed by atoms with Crippen molar-refractivity contribution in [1.29, 1.82) is 0 Å². The number of hydrogen-bond donors (Lipinski definition) is 2. The van der Waals surface area contributed by atoms with E-state index in [1.807, 2.05) is 6.92 Å². The van der Waals surface area contributed by atoms with E-state index in [4.69, 9.17) is 5.73 Å². The predicted molar refractivity (Wildman–Crippen MR) is 59.0 cm³/mol. The molecular formula is C10H14ClNO3. The second kappa shape index (κ2) is 5.58. The van der Waals surface area contributed by atoms with Crippen LogP contribution in [0.4, 0.5) is 0 Å². The molecule has 0 fully saturated rings. The van der Waals surface area contributed by atoms with E-state index in [2.05, 4.69) is 4.74 Å². The zero-order chi connectivity index (χ0) is 10.7. The number of ether oxygens (including phenoxy) is 1. The van der Waals surface area contributed by atoms with Gasteiger partial charge in [0.1, 0.15) is 11.8 Å². The van der Waals surface area contributed by atoms with Crippen molar-refractivity contribution in [3.8, 4) is 5.75 Å². The van der Waals surface area contributed by atoms with E-state index in [0.29, 0.717) is 5.56 Å². The molecule has 0 bridgehead atoms. The minimum absolute atomic E-state index is 0. The van der Waals surface area contributed by atoms with Crippen molar-refractivity contribution in [1.82, 2.24) is 0 Å². The maximum Gasteiger partial charge on any atom is 0.327 e. The summed E-state index contributed by atoms with van der Waals surface area (Å²) >= 11 is 0. The molecule has 0 amide bonds. The van der Waals surface area contributed by atoms with Crippen LogP contribution >= 0.6 is 12.4 Å². The number of aromatic hydroxyl groups is 1. The van der Waals surface area contributed by atoms with Crippen molar-refractivity contribution < 1.29 is 14.6 Å². The van der Waals surface area contributed by atoms with Crippen molar-refractivity contribution in [2.75, 3.05) is 7.11 Å². The van der Waals surface area contributed by atoms with Crippen LogP contribution in [0.15, 0.2) is 18.2 Å². The Morgan fingerprint density at radius 2 is 2.13 bits per heavy atom. The van der Waals surface area contributed by atoms with Crippen LogP contribution in [-0.4, -0.2) is 18.2 Å². The molecule has 5 heteroatoms. The number of hydrogen-bond acceptors (Lipinski definition) is 4. The van der Waals surface area contributed by atoms with Crippen LogP contribution in [0.1, 0.15) is 17.2 Å². The number of aryl methyl sites for hydroxylation is 1. The molecule has 0 unspecified atom stereocenters. The third-order valence-electron chi connectivity index (χ3n) is 1.97. The third-order valence-corrected chi connectivity index (χ3v) is 1.97. The Morgan fingerprint density at radius 1 is 1.53 bits per heavy atom. The van der Waals surface area contributed by atoms with Crippen LogP contribution in [0.25, 0.3) is 0 Å². The topological polar surface area (TPSA) is 72.5 Å². The van der Waals surface area contributed by atoms with Gasteiger partial charge in [0.15, 0.2) is 0 Å². The summed E-state index contributed by atoms with van der Waals surface area (Å²) in [6, 6.07) is 3.98. The number of benzene rings is 1. The van der Waals surface area contributed by atoms with E-state index in [1.165, 1.54) is 13.2 Å². The normalized spacial score (nSPS) is 11.4. The molecule has 1 atom stereocenters. The fourth-order valence-electron chi connectivity index (χ4n) is 1.18. The van der Waals surface area contributed by atoms with Crippen molar-refractivity contribution in [2.24, 2.45) is 5.73 Å². The monoisotopic (exact) mass is 231 g/mol. The van der Waals surface area contributed by atoms with E-state index in [9.17, 15) is 9.90 Å². The second-order valence-electron chi connectivity index (χ2n) is 3.06. The molecule has 0 aliphatic heterocycles. The zero-order valence-corrected chi connectivity index (χ0v) is 9.38. The van der Waals surface area contributed by atoms with Crippen LogP contribution < -0.4 is 5.73 Å². The highest BCUT2D eigenvalue weighted by atomic mass is 35.5. The highest BCUT2D eigenvalue weighted by Gasteiger charge is 2.19.